The lowest BCUT2D eigenvalue weighted by molar-refractivity contribution is -0.305. The van der Waals surface area contributed by atoms with Gasteiger partial charge >= 0.3 is 5.97 Å². The van der Waals surface area contributed by atoms with E-state index in [0.29, 0.717) is 13.0 Å². The number of aliphatic hydroxyl groups excluding tert-OH is 4. The zero-order valence-corrected chi connectivity index (χ0v) is 43.5. The fourth-order valence-electron chi connectivity index (χ4n) is 9.20. The van der Waals surface area contributed by atoms with Crippen LogP contribution in [0.25, 0.3) is 0 Å². The Morgan fingerprint density at radius 1 is 0.470 bits per heavy atom. The fourth-order valence-corrected chi connectivity index (χ4v) is 9.20. The number of rotatable bonds is 51. The van der Waals surface area contributed by atoms with Crippen LogP contribution in [0.2, 0.25) is 0 Å². The summed E-state index contributed by atoms with van der Waals surface area (Å²) in [6.45, 7) is 4.63. The van der Waals surface area contributed by atoms with Crippen molar-refractivity contribution in [2.24, 2.45) is 0 Å². The largest absolute Gasteiger partial charge is 0.457 e. The van der Waals surface area contributed by atoms with Crippen molar-refractivity contribution in [1.29, 1.82) is 0 Å². The number of carbonyl (C=O) groups excluding carboxylic acids is 1. The topological polar surface area (TPSA) is 135 Å². The maximum absolute atomic E-state index is 12.9. The Morgan fingerprint density at radius 2 is 0.833 bits per heavy atom. The molecule has 6 atom stereocenters. The van der Waals surface area contributed by atoms with Gasteiger partial charge in [-0.3, -0.25) is 4.79 Å². The number of unbranched alkanes of at least 4 members (excludes halogenated alkanes) is 38. The summed E-state index contributed by atoms with van der Waals surface area (Å²) in [5, 5.41) is 40.3. The Kier molecular flexibility index (Phi) is 46.7. The second-order valence-electron chi connectivity index (χ2n) is 20.1. The Bertz CT molecular complexity index is 1020. The van der Waals surface area contributed by atoms with Crippen molar-refractivity contribution in [3.05, 3.63) is 12.2 Å². The summed E-state index contributed by atoms with van der Waals surface area (Å²) >= 11 is 0. The molecule has 1 fully saturated rings. The van der Waals surface area contributed by atoms with Gasteiger partial charge in [-0.05, 0) is 38.5 Å². The van der Waals surface area contributed by atoms with Crippen LogP contribution in [-0.2, 0) is 23.7 Å². The van der Waals surface area contributed by atoms with Gasteiger partial charge < -0.3 is 39.4 Å². The molecule has 1 rings (SSSR count). The lowest BCUT2D eigenvalue weighted by atomic mass is 9.99. The standard InChI is InChI=1S/C57H110O9/c1-3-5-7-9-11-13-15-17-19-21-23-24-25-26-27-29-31-33-35-37-39-41-43-45-47-63-49-51(50-64-57-56(62)55(61)54(60)52(48-58)66-57)65-53(59)46-44-42-40-38-36-34-32-30-28-22-20-18-16-14-12-10-8-6-4-2/h21,23,51-52,54-58,60-62H,3-20,22,24-50H2,1-2H3/b23-21-. The van der Waals surface area contributed by atoms with Crippen LogP contribution in [0.15, 0.2) is 12.2 Å². The first-order valence-corrected chi connectivity index (χ1v) is 28.8. The molecular formula is C57H110O9. The minimum absolute atomic E-state index is 0.107. The highest BCUT2D eigenvalue weighted by Gasteiger charge is 2.44. The van der Waals surface area contributed by atoms with E-state index >= 15 is 0 Å². The van der Waals surface area contributed by atoms with E-state index in [1.807, 2.05) is 0 Å². The molecule has 0 aromatic rings. The van der Waals surface area contributed by atoms with Crippen LogP contribution in [0.4, 0.5) is 0 Å². The van der Waals surface area contributed by atoms with Crippen molar-refractivity contribution in [2.75, 3.05) is 26.4 Å². The van der Waals surface area contributed by atoms with Crippen molar-refractivity contribution >= 4 is 5.97 Å². The van der Waals surface area contributed by atoms with Crippen molar-refractivity contribution in [3.63, 3.8) is 0 Å². The smallest absolute Gasteiger partial charge is 0.306 e. The highest BCUT2D eigenvalue weighted by atomic mass is 16.7. The molecule has 1 heterocycles. The van der Waals surface area contributed by atoms with Gasteiger partial charge in [-0.25, -0.2) is 0 Å². The number of ether oxygens (including phenoxy) is 4. The summed E-state index contributed by atoms with van der Waals surface area (Å²) in [4.78, 5) is 12.9. The molecule has 66 heavy (non-hydrogen) atoms. The van der Waals surface area contributed by atoms with E-state index in [0.717, 1.165) is 32.1 Å². The van der Waals surface area contributed by atoms with Gasteiger partial charge in [0.1, 0.15) is 30.5 Å². The Balaban J connectivity index is 2.13. The van der Waals surface area contributed by atoms with Crippen molar-refractivity contribution in [1.82, 2.24) is 0 Å². The first-order chi connectivity index (χ1) is 32.4. The summed E-state index contributed by atoms with van der Waals surface area (Å²) in [6.07, 6.45) is 51.2. The van der Waals surface area contributed by atoms with Gasteiger partial charge in [-0.15, -0.1) is 0 Å². The van der Waals surface area contributed by atoms with Crippen LogP contribution in [0, 0.1) is 0 Å². The SMILES string of the molecule is CCCCCCCCCC/C=C\CCCCCCCCCCCCCCOCC(COC1OC(CO)C(O)C(O)C1O)OC(=O)CCCCCCCCCCCCCCCCCCCCC. The van der Waals surface area contributed by atoms with Gasteiger partial charge in [0.05, 0.1) is 19.8 Å². The van der Waals surface area contributed by atoms with E-state index in [2.05, 4.69) is 26.0 Å². The number of hydrogen-bond acceptors (Lipinski definition) is 9. The predicted octanol–water partition coefficient (Wildman–Crippen LogP) is 14.7. The molecule has 0 bridgehead atoms. The van der Waals surface area contributed by atoms with Gasteiger partial charge in [0, 0.05) is 13.0 Å². The lowest BCUT2D eigenvalue weighted by Gasteiger charge is -2.39. The Morgan fingerprint density at radius 3 is 1.23 bits per heavy atom. The number of esters is 1. The summed E-state index contributed by atoms with van der Waals surface area (Å²) < 4.78 is 23.0. The summed E-state index contributed by atoms with van der Waals surface area (Å²) in [7, 11) is 0. The normalized spacial score (nSPS) is 19.3. The van der Waals surface area contributed by atoms with E-state index in [-0.39, 0.29) is 19.2 Å². The predicted molar refractivity (Wildman–Crippen MR) is 275 cm³/mol. The van der Waals surface area contributed by atoms with Gasteiger partial charge in [0.25, 0.3) is 0 Å². The quantitative estimate of drug-likeness (QED) is 0.0267. The minimum Gasteiger partial charge on any atom is -0.457 e. The van der Waals surface area contributed by atoms with E-state index in [4.69, 9.17) is 18.9 Å². The number of allylic oxidation sites excluding steroid dienone is 2. The summed E-state index contributed by atoms with van der Waals surface area (Å²) in [6, 6.07) is 0. The van der Waals surface area contributed by atoms with Crippen LogP contribution in [0.3, 0.4) is 0 Å². The molecule has 0 amide bonds. The molecule has 1 aliphatic heterocycles. The first kappa shape index (κ1) is 62.9. The molecular weight excluding hydrogens is 829 g/mol. The van der Waals surface area contributed by atoms with E-state index < -0.39 is 43.4 Å². The van der Waals surface area contributed by atoms with Crippen molar-refractivity contribution in [2.45, 2.75) is 320 Å². The molecule has 0 aromatic heterocycles. The summed E-state index contributed by atoms with van der Waals surface area (Å²) in [5.74, 6) is -0.305. The van der Waals surface area contributed by atoms with Gasteiger partial charge in [-0.2, -0.15) is 0 Å². The highest BCUT2D eigenvalue weighted by Crippen LogP contribution is 2.23. The van der Waals surface area contributed by atoms with Crippen LogP contribution >= 0.6 is 0 Å². The number of carbonyl (C=O) groups is 1. The fraction of sp³-hybridized carbons (Fsp3) is 0.947. The molecule has 4 N–H and O–H groups in total. The Labute approximate surface area is 407 Å². The molecule has 0 spiro atoms. The molecule has 1 aliphatic rings. The lowest BCUT2D eigenvalue weighted by Crippen LogP contribution is -2.59. The first-order valence-electron chi connectivity index (χ1n) is 28.8. The van der Waals surface area contributed by atoms with E-state index in [9.17, 15) is 25.2 Å². The molecule has 0 aliphatic carbocycles. The third kappa shape index (κ3) is 38.7. The van der Waals surface area contributed by atoms with Crippen LogP contribution in [0.5, 0.6) is 0 Å². The average Bonchev–Trinajstić information content (AvgIpc) is 3.32. The molecule has 9 heteroatoms. The number of hydrogen-bond donors (Lipinski definition) is 4. The van der Waals surface area contributed by atoms with Crippen molar-refractivity contribution in [3.8, 4) is 0 Å². The van der Waals surface area contributed by atoms with Gasteiger partial charge in [-0.1, -0.05) is 251 Å². The van der Waals surface area contributed by atoms with Crippen molar-refractivity contribution < 1.29 is 44.2 Å². The molecule has 1 saturated heterocycles. The van der Waals surface area contributed by atoms with Crippen LogP contribution < -0.4 is 0 Å². The molecule has 0 aromatic carbocycles. The maximum Gasteiger partial charge on any atom is 0.306 e. The zero-order valence-electron chi connectivity index (χ0n) is 43.5. The van der Waals surface area contributed by atoms with Crippen LogP contribution in [-0.4, -0.2) is 89.6 Å². The molecule has 9 nitrogen and oxygen atoms in total. The Hall–Kier alpha value is -1.07. The maximum atomic E-state index is 12.9. The van der Waals surface area contributed by atoms with E-state index in [1.165, 1.54) is 231 Å². The van der Waals surface area contributed by atoms with Crippen LogP contribution in [0.1, 0.15) is 284 Å². The molecule has 0 saturated carbocycles. The summed E-state index contributed by atoms with van der Waals surface area (Å²) in [5.41, 5.74) is 0. The highest BCUT2D eigenvalue weighted by molar-refractivity contribution is 5.69. The molecule has 392 valence electrons. The number of aliphatic hydroxyl groups is 4. The minimum atomic E-state index is -1.53. The third-order valence-corrected chi connectivity index (χ3v) is 13.7. The van der Waals surface area contributed by atoms with E-state index in [1.54, 1.807) is 0 Å². The molecule has 0 radical (unpaired) electrons. The average molecular weight is 939 g/mol. The van der Waals surface area contributed by atoms with Gasteiger partial charge in [0.15, 0.2) is 6.29 Å². The van der Waals surface area contributed by atoms with Gasteiger partial charge in [0.2, 0.25) is 0 Å². The zero-order chi connectivity index (χ0) is 47.8. The monoisotopic (exact) mass is 939 g/mol. The second kappa shape index (κ2) is 48.9. The second-order valence-corrected chi connectivity index (χ2v) is 20.1. The third-order valence-electron chi connectivity index (χ3n) is 13.7. The molecule has 6 unspecified atom stereocenters.